The maximum absolute atomic E-state index is 2.30. The zero-order valence-electron chi connectivity index (χ0n) is 9.62. The fraction of sp³-hybridized carbons (Fsp3) is 0.538. The van der Waals surface area contributed by atoms with Gasteiger partial charge < -0.3 is 0 Å². The van der Waals surface area contributed by atoms with Crippen molar-refractivity contribution in [1.29, 1.82) is 0 Å². The Labute approximate surface area is 101 Å². The van der Waals surface area contributed by atoms with Gasteiger partial charge in [0.05, 0.1) is 4.58 Å². The van der Waals surface area contributed by atoms with E-state index in [-0.39, 0.29) is 5.41 Å². The molecule has 15 heavy (non-hydrogen) atoms. The summed E-state index contributed by atoms with van der Waals surface area (Å²) in [6.07, 6.45) is 0. The summed E-state index contributed by atoms with van der Waals surface area (Å²) in [6, 6.07) is 9.18. The van der Waals surface area contributed by atoms with Crippen molar-refractivity contribution in [3.05, 3.63) is 35.4 Å². The van der Waals surface area contributed by atoms with E-state index in [0.29, 0.717) is 4.58 Å². The molecule has 1 aliphatic rings. The molecule has 2 rings (SSSR count). The highest BCUT2D eigenvalue weighted by molar-refractivity contribution is 8.19. The highest BCUT2D eigenvalue weighted by Gasteiger charge is 2.19. The molecule has 0 aromatic heterocycles. The molecule has 1 aliphatic heterocycles. The van der Waals surface area contributed by atoms with Crippen molar-refractivity contribution in [2.75, 3.05) is 11.5 Å². The lowest BCUT2D eigenvalue weighted by Gasteiger charge is -2.19. The number of hydrogen-bond acceptors (Lipinski definition) is 2. The van der Waals surface area contributed by atoms with E-state index in [4.69, 9.17) is 0 Å². The second-order valence-corrected chi connectivity index (χ2v) is 7.67. The van der Waals surface area contributed by atoms with Crippen LogP contribution in [0.15, 0.2) is 24.3 Å². The van der Waals surface area contributed by atoms with Crippen molar-refractivity contribution < 1.29 is 0 Å². The average molecular weight is 238 g/mol. The molecule has 0 saturated carbocycles. The van der Waals surface area contributed by atoms with E-state index in [2.05, 4.69) is 68.6 Å². The van der Waals surface area contributed by atoms with Gasteiger partial charge in [-0.25, -0.2) is 0 Å². The van der Waals surface area contributed by atoms with E-state index in [1.165, 1.54) is 22.6 Å². The third-order valence-electron chi connectivity index (χ3n) is 2.67. The van der Waals surface area contributed by atoms with E-state index in [0.717, 1.165) is 0 Å². The third kappa shape index (κ3) is 2.73. The predicted molar refractivity (Wildman–Crippen MR) is 72.8 cm³/mol. The van der Waals surface area contributed by atoms with Gasteiger partial charge in [-0.1, -0.05) is 45.0 Å². The van der Waals surface area contributed by atoms with Crippen molar-refractivity contribution in [1.82, 2.24) is 0 Å². The van der Waals surface area contributed by atoms with Crippen molar-refractivity contribution in [2.24, 2.45) is 0 Å². The van der Waals surface area contributed by atoms with Gasteiger partial charge >= 0.3 is 0 Å². The van der Waals surface area contributed by atoms with Gasteiger partial charge in [0.25, 0.3) is 0 Å². The van der Waals surface area contributed by atoms with Gasteiger partial charge in [-0.3, -0.25) is 0 Å². The standard InChI is InChI=1S/C13H18S2/c1-13(2,3)11-6-4-10(5-7-11)12-14-8-9-15-12/h4-7,12H,8-9H2,1-3H3. The van der Waals surface area contributed by atoms with Gasteiger partial charge in [0.15, 0.2) is 0 Å². The fourth-order valence-corrected chi connectivity index (χ4v) is 4.55. The third-order valence-corrected chi connectivity index (χ3v) is 5.78. The summed E-state index contributed by atoms with van der Waals surface area (Å²) in [4.78, 5) is 0. The van der Waals surface area contributed by atoms with Gasteiger partial charge in [0.2, 0.25) is 0 Å². The average Bonchev–Trinajstić information content (AvgIpc) is 2.69. The Kier molecular flexibility index (Phi) is 3.36. The summed E-state index contributed by atoms with van der Waals surface area (Å²) < 4.78 is 0.680. The van der Waals surface area contributed by atoms with E-state index < -0.39 is 0 Å². The monoisotopic (exact) mass is 238 g/mol. The molecule has 1 aromatic rings. The maximum Gasteiger partial charge on any atom is 0.0751 e. The van der Waals surface area contributed by atoms with Crippen LogP contribution in [-0.4, -0.2) is 11.5 Å². The Morgan fingerprint density at radius 1 is 1.00 bits per heavy atom. The lowest BCUT2D eigenvalue weighted by atomic mass is 9.87. The first-order chi connectivity index (χ1) is 7.07. The largest absolute Gasteiger partial charge is 0.142 e. The first-order valence-corrected chi connectivity index (χ1v) is 7.51. The van der Waals surface area contributed by atoms with Gasteiger partial charge in [-0.15, -0.1) is 23.5 Å². The highest BCUT2D eigenvalue weighted by Crippen LogP contribution is 2.45. The van der Waals surface area contributed by atoms with Crippen LogP contribution in [0.3, 0.4) is 0 Å². The van der Waals surface area contributed by atoms with Crippen LogP contribution in [0.1, 0.15) is 36.5 Å². The lowest BCUT2D eigenvalue weighted by Crippen LogP contribution is -2.10. The molecule has 0 unspecified atom stereocenters. The molecule has 1 heterocycles. The summed E-state index contributed by atoms with van der Waals surface area (Å²) in [7, 11) is 0. The molecular formula is C13H18S2. The molecule has 82 valence electrons. The molecule has 2 heteroatoms. The summed E-state index contributed by atoms with van der Waals surface area (Å²) in [6.45, 7) is 6.79. The second kappa shape index (κ2) is 4.42. The van der Waals surface area contributed by atoms with Crippen molar-refractivity contribution in [3.8, 4) is 0 Å². The normalized spacial score (nSPS) is 18.3. The van der Waals surface area contributed by atoms with Crippen molar-refractivity contribution >= 4 is 23.5 Å². The summed E-state index contributed by atoms with van der Waals surface area (Å²) >= 11 is 4.14. The minimum atomic E-state index is 0.272. The van der Waals surface area contributed by atoms with Crippen LogP contribution in [0.25, 0.3) is 0 Å². The Hall–Kier alpha value is -0.0800. The molecule has 1 fully saturated rings. The van der Waals surface area contributed by atoms with Crippen molar-refractivity contribution in [2.45, 2.75) is 30.8 Å². The van der Waals surface area contributed by atoms with Crippen LogP contribution in [0.2, 0.25) is 0 Å². The molecule has 0 N–H and O–H groups in total. The Bertz CT molecular complexity index is 315. The molecule has 1 aromatic carbocycles. The van der Waals surface area contributed by atoms with Crippen LogP contribution in [0, 0.1) is 0 Å². The van der Waals surface area contributed by atoms with Gasteiger partial charge in [0, 0.05) is 11.5 Å². The Morgan fingerprint density at radius 3 is 2.00 bits per heavy atom. The summed E-state index contributed by atoms with van der Waals surface area (Å²) in [5.74, 6) is 2.60. The number of benzene rings is 1. The predicted octanol–water partition coefficient (Wildman–Crippen LogP) is 4.46. The second-order valence-electron chi connectivity index (χ2n) is 4.95. The van der Waals surface area contributed by atoms with E-state index in [1.54, 1.807) is 0 Å². The smallest absolute Gasteiger partial charge is 0.0751 e. The molecule has 0 aliphatic carbocycles. The quantitative estimate of drug-likeness (QED) is 0.708. The summed E-state index contributed by atoms with van der Waals surface area (Å²) in [5, 5.41) is 0. The molecule has 1 saturated heterocycles. The molecule has 0 nitrogen and oxygen atoms in total. The lowest BCUT2D eigenvalue weighted by molar-refractivity contribution is 0.590. The van der Waals surface area contributed by atoms with Crippen molar-refractivity contribution in [3.63, 3.8) is 0 Å². The van der Waals surface area contributed by atoms with E-state index in [9.17, 15) is 0 Å². The van der Waals surface area contributed by atoms with Crippen LogP contribution in [0.5, 0.6) is 0 Å². The van der Waals surface area contributed by atoms with Crippen LogP contribution in [-0.2, 0) is 5.41 Å². The molecule has 0 spiro atoms. The zero-order chi connectivity index (χ0) is 10.9. The molecule has 0 radical (unpaired) electrons. The van der Waals surface area contributed by atoms with Crippen LogP contribution >= 0.6 is 23.5 Å². The minimum absolute atomic E-state index is 0.272. The molecule has 0 atom stereocenters. The fourth-order valence-electron chi connectivity index (χ4n) is 1.69. The highest BCUT2D eigenvalue weighted by atomic mass is 32.2. The Balaban J connectivity index is 2.16. The molecule has 0 amide bonds. The zero-order valence-corrected chi connectivity index (χ0v) is 11.3. The SMILES string of the molecule is CC(C)(C)c1ccc(C2SCCS2)cc1. The van der Waals surface area contributed by atoms with E-state index in [1.807, 2.05) is 0 Å². The first kappa shape index (κ1) is 11.4. The molecular weight excluding hydrogens is 220 g/mol. The van der Waals surface area contributed by atoms with Crippen LogP contribution < -0.4 is 0 Å². The summed E-state index contributed by atoms with van der Waals surface area (Å²) in [5.41, 5.74) is 3.18. The molecule has 0 bridgehead atoms. The van der Waals surface area contributed by atoms with E-state index >= 15 is 0 Å². The minimum Gasteiger partial charge on any atom is -0.142 e. The first-order valence-electron chi connectivity index (χ1n) is 5.41. The number of thioether (sulfide) groups is 2. The van der Waals surface area contributed by atoms with Gasteiger partial charge in [0.1, 0.15) is 0 Å². The van der Waals surface area contributed by atoms with Gasteiger partial charge in [-0.2, -0.15) is 0 Å². The van der Waals surface area contributed by atoms with Gasteiger partial charge in [-0.05, 0) is 16.5 Å². The van der Waals surface area contributed by atoms with Crippen LogP contribution in [0.4, 0.5) is 0 Å². The number of rotatable bonds is 1. The maximum atomic E-state index is 2.30. The number of hydrogen-bond donors (Lipinski definition) is 0. The topological polar surface area (TPSA) is 0 Å². The Morgan fingerprint density at radius 2 is 1.53 bits per heavy atom.